The minimum atomic E-state index is 0.0891. The van der Waals surface area contributed by atoms with Crippen molar-refractivity contribution < 1.29 is 4.79 Å². The lowest BCUT2D eigenvalue weighted by Gasteiger charge is -2.27. The molecule has 0 atom stereocenters. The Kier molecular flexibility index (Phi) is 4.54. The van der Waals surface area contributed by atoms with Crippen molar-refractivity contribution in [2.45, 2.75) is 0 Å². The van der Waals surface area contributed by atoms with Gasteiger partial charge in [0.15, 0.2) is 5.65 Å². The monoisotopic (exact) mass is 383 g/mol. The first-order valence-corrected chi connectivity index (χ1v) is 9.79. The van der Waals surface area contributed by atoms with Crippen molar-refractivity contribution in [2.75, 3.05) is 26.2 Å². The van der Waals surface area contributed by atoms with E-state index in [9.17, 15) is 4.79 Å². The molecule has 6 nitrogen and oxygen atoms in total. The molecule has 0 spiro atoms. The first-order valence-electron chi connectivity index (χ1n) is 9.79. The van der Waals surface area contributed by atoms with E-state index in [-0.39, 0.29) is 5.91 Å². The van der Waals surface area contributed by atoms with Crippen molar-refractivity contribution in [1.82, 2.24) is 24.8 Å². The average Bonchev–Trinajstić information content (AvgIpc) is 3.23. The first kappa shape index (κ1) is 17.6. The third-order valence-electron chi connectivity index (χ3n) is 5.31. The van der Waals surface area contributed by atoms with E-state index in [0.717, 1.165) is 59.6 Å². The quantitative estimate of drug-likeness (QED) is 0.591. The molecule has 1 aliphatic heterocycles. The van der Waals surface area contributed by atoms with Crippen LogP contribution in [0.2, 0.25) is 0 Å². The maximum Gasteiger partial charge on any atom is 0.253 e. The third kappa shape index (κ3) is 3.39. The molecule has 4 aromatic rings. The smallest absolute Gasteiger partial charge is 0.253 e. The number of fused-ring (bicyclic) bond motifs is 1. The number of hydrogen-bond acceptors (Lipinski definition) is 4. The molecular formula is C23H21N5O. The second-order valence-corrected chi connectivity index (χ2v) is 7.15. The molecule has 144 valence electrons. The van der Waals surface area contributed by atoms with Crippen molar-refractivity contribution in [1.29, 1.82) is 0 Å². The van der Waals surface area contributed by atoms with E-state index in [1.165, 1.54) is 0 Å². The van der Waals surface area contributed by atoms with Crippen LogP contribution in [0.3, 0.4) is 0 Å². The number of carbonyl (C=O) groups is 1. The van der Waals surface area contributed by atoms with Gasteiger partial charge in [-0.25, -0.2) is 9.50 Å². The molecule has 2 aromatic carbocycles. The van der Waals surface area contributed by atoms with Crippen LogP contribution in [0.15, 0.2) is 73.2 Å². The molecule has 1 amide bonds. The summed E-state index contributed by atoms with van der Waals surface area (Å²) in [6.45, 7) is 3.21. The van der Waals surface area contributed by atoms with Gasteiger partial charge in [-0.2, -0.15) is 5.10 Å². The zero-order valence-corrected chi connectivity index (χ0v) is 16.0. The van der Waals surface area contributed by atoms with Crippen LogP contribution in [0.25, 0.3) is 27.9 Å². The zero-order valence-electron chi connectivity index (χ0n) is 16.0. The van der Waals surface area contributed by atoms with E-state index >= 15 is 0 Å². The predicted molar refractivity (Wildman–Crippen MR) is 113 cm³/mol. The highest BCUT2D eigenvalue weighted by molar-refractivity contribution is 5.94. The van der Waals surface area contributed by atoms with E-state index in [1.807, 2.05) is 66.0 Å². The molecule has 0 aliphatic carbocycles. The molecule has 1 saturated heterocycles. The molecule has 3 heterocycles. The summed E-state index contributed by atoms with van der Waals surface area (Å²) >= 11 is 0. The molecule has 0 bridgehead atoms. The third-order valence-corrected chi connectivity index (χ3v) is 5.31. The van der Waals surface area contributed by atoms with Gasteiger partial charge in [0.2, 0.25) is 0 Å². The number of nitrogens with one attached hydrogen (secondary N) is 1. The fourth-order valence-corrected chi connectivity index (χ4v) is 3.70. The number of amides is 1. The van der Waals surface area contributed by atoms with Crippen LogP contribution in [0, 0.1) is 0 Å². The fourth-order valence-electron chi connectivity index (χ4n) is 3.70. The Labute approximate surface area is 168 Å². The second kappa shape index (κ2) is 7.48. The first-order chi connectivity index (χ1) is 14.3. The van der Waals surface area contributed by atoms with Gasteiger partial charge < -0.3 is 10.2 Å². The summed E-state index contributed by atoms with van der Waals surface area (Å²) in [6.07, 6.45) is 5.68. The van der Waals surface area contributed by atoms with Crippen LogP contribution < -0.4 is 5.32 Å². The van der Waals surface area contributed by atoms with Crippen LogP contribution in [0.4, 0.5) is 0 Å². The highest BCUT2D eigenvalue weighted by Crippen LogP contribution is 2.25. The minimum absolute atomic E-state index is 0.0891. The van der Waals surface area contributed by atoms with E-state index in [0.29, 0.717) is 0 Å². The number of piperazine rings is 1. The van der Waals surface area contributed by atoms with Gasteiger partial charge in [0.25, 0.3) is 5.91 Å². The molecule has 6 heteroatoms. The molecule has 5 rings (SSSR count). The second-order valence-electron chi connectivity index (χ2n) is 7.15. The number of carbonyl (C=O) groups excluding carboxylic acids is 1. The van der Waals surface area contributed by atoms with E-state index in [4.69, 9.17) is 0 Å². The van der Waals surface area contributed by atoms with E-state index in [1.54, 1.807) is 4.52 Å². The molecule has 0 saturated carbocycles. The van der Waals surface area contributed by atoms with Gasteiger partial charge >= 0.3 is 0 Å². The van der Waals surface area contributed by atoms with E-state index in [2.05, 4.69) is 27.5 Å². The number of rotatable bonds is 3. The molecule has 29 heavy (non-hydrogen) atoms. The highest BCUT2D eigenvalue weighted by Gasteiger charge is 2.18. The Morgan fingerprint density at radius 2 is 1.62 bits per heavy atom. The Balaban J connectivity index is 1.41. The maximum atomic E-state index is 12.6. The minimum Gasteiger partial charge on any atom is -0.336 e. The van der Waals surface area contributed by atoms with Crippen molar-refractivity contribution in [3.8, 4) is 22.3 Å². The van der Waals surface area contributed by atoms with Crippen LogP contribution in [-0.4, -0.2) is 51.6 Å². The van der Waals surface area contributed by atoms with Gasteiger partial charge in [0, 0.05) is 55.3 Å². The van der Waals surface area contributed by atoms with Gasteiger partial charge in [-0.1, -0.05) is 42.5 Å². The Hall–Kier alpha value is -3.51. The van der Waals surface area contributed by atoms with Gasteiger partial charge in [0.1, 0.15) is 0 Å². The van der Waals surface area contributed by atoms with Crippen LogP contribution in [-0.2, 0) is 0 Å². The number of benzene rings is 2. The summed E-state index contributed by atoms with van der Waals surface area (Å²) in [7, 11) is 0. The Morgan fingerprint density at radius 1 is 0.862 bits per heavy atom. The summed E-state index contributed by atoms with van der Waals surface area (Å²) in [4.78, 5) is 19.2. The number of nitrogens with zero attached hydrogens (tertiary/aromatic N) is 4. The lowest BCUT2D eigenvalue weighted by Crippen LogP contribution is -2.46. The summed E-state index contributed by atoms with van der Waals surface area (Å²) in [6, 6.07) is 17.9. The van der Waals surface area contributed by atoms with Crippen molar-refractivity contribution in [3.63, 3.8) is 0 Å². The van der Waals surface area contributed by atoms with Gasteiger partial charge in [-0.3, -0.25) is 4.79 Å². The normalized spacial score (nSPS) is 14.3. The Bertz CT molecular complexity index is 1150. The Morgan fingerprint density at radius 3 is 2.38 bits per heavy atom. The maximum absolute atomic E-state index is 12.6. The molecule has 2 aromatic heterocycles. The number of aromatic nitrogens is 3. The van der Waals surface area contributed by atoms with Crippen molar-refractivity contribution in [3.05, 3.63) is 78.8 Å². The highest BCUT2D eigenvalue weighted by atomic mass is 16.2. The largest absolute Gasteiger partial charge is 0.336 e. The van der Waals surface area contributed by atoms with Crippen LogP contribution in [0.1, 0.15) is 10.4 Å². The molecule has 1 aliphatic rings. The van der Waals surface area contributed by atoms with Crippen LogP contribution in [0.5, 0.6) is 0 Å². The van der Waals surface area contributed by atoms with Gasteiger partial charge in [0.05, 0.1) is 6.20 Å². The van der Waals surface area contributed by atoms with Gasteiger partial charge in [-0.15, -0.1) is 0 Å². The predicted octanol–water partition coefficient (Wildman–Crippen LogP) is 3.11. The van der Waals surface area contributed by atoms with Crippen molar-refractivity contribution >= 4 is 11.6 Å². The summed E-state index contributed by atoms with van der Waals surface area (Å²) in [5.74, 6) is 0.0891. The van der Waals surface area contributed by atoms with E-state index < -0.39 is 0 Å². The SMILES string of the molecule is O=C(c1ccc(-c2cnc3c(-c4ccccc4)cnn3c2)cc1)N1CCNCC1. The zero-order chi connectivity index (χ0) is 19.6. The summed E-state index contributed by atoms with van der Waals surface area (Å²) in [5, 5.41) is 7.74. The molecule has 0 unspecified atom stereocenters. The standard InChI is InChI=1S/C23H21N5O/c29-23(27-12-10-24-11-13-27)19-8-6-17(7-9-19)20-14-25-22-21(15-26-28(22)16-20)18-4-2-1-3-5-18/h1-9,14-16,24H,10-13H2. The fraction of sp³-hybridized carbons (Fsp3) is 0.174. The summed E-state index contributed by atoms with van der Waals surface area (Å²) in [5.41, 5.74) is 5.61. The molecule has 1 fully saturated rings. The lowest BCUT2D eigenvalue weighted by atomic mass is 10.1. The lowest BCUT2D eigenvalue weighted by molar-refractivity contribution is 0.0736. The summed E-state index contributed by atoms with van der Waals surface area (Å²) < 4.78 is 1.80. The van der Waals surface area contributed by atoms with Gasteiger partial charge in [-0.05, 0) is 23.3 Å². The molecular weight excluding hydrogens is 362 g/mol. The molecule has 1 N–H and O–H groups in total. The molecule has 0 radical (unpaired) electrons. The topological polar surface area (TPSA) is 62.5 Å². The average molecular weight is 383 g/mol. The van der Waals surface area contributed by atoms with Crippen molar-refractivity contribution in [2.24, 2.45) is 0 Å². The van der Waals surface area contributed by atoms with Crippen LogP contribution >= 0.6 is 0 Å². The number of hydrogen-bond donors (Lipinski definition) is 1.